The number of carbonyl (C=O) groups is 4. The molecule has 1 rings (SSSR count). The molecular formula is C16H24N2O7. The summed E-state index contributed by atoms with van der Waals surface area (Å²) >= 11 is 0. The fourth-order valence-corrected chi connectivity index (χ4v) is 2.41. The van der Waals surface area contributed by atoms with Crippen LogP contribution >= 0.6 is 0 Å². The Balaban J connectivity index is 2.40. The Hall–Kier alpha value is -2.58. The number of amides is 2. The molecule has 25 heavy (non-hydrogen) atoms. The molecule has 1 unspecified atom stereocenters. The minimum atomic E-state index is -1.37. The second-order valence-corrected chi connectivity index (χ2v) is 6.91. The standard InChI is InChI=1S/C16H24N2O7/c1-15(2,3)25-14(24)17-8-4-5-10-9-16(10,13(22)23)18-11(19)6-7-12(20)21/h6-7,10H,4-5,8-9H2,1-3H3,(H,17,24)(H,18,19)(H,20,21)(H,22,23)/b7-6-/t10?,16-/m0/s1. The van der Waals surface area contributed by atoms with E-state index in [4.69, 9.17) is 9.84 Å². The monoisotopic (exact) mass is 356 g/mol. The van der Waals surface area contributed by atoms with Crippen molar-refractivity contribution in [2.75, 3.05) is 6.54 Å². The van der Waals surface area contributed by atoms with E-state index in [1.165, 1.54) is 0 Å². The lowest BCUT2D eigenvalue weighted by Crippen LogP contribution is -2.44. The summed E-state index contributed by atoms with van der Waals surface area (Å²) in [5.74, 6) is -3.48. The van der Waals surface area contributed by atoms with Gasteiger partial charge in [0, 0.05) is 18.7 Å². The molecule has 4 N–H and O–H groups in total. The molecular weight excluding hydrogens is 332 g/mol. The Bertz CT molecular complexity index is 580. The third kappa shape index (κ3) is 6.82. The fraction of sp³-hybridized carbons (Fsp3) is 0.625. The highest BCUT2D eigenvalue weighted by Crippen LogP contribution is 2.46. The van der Waals surface area contributed by atoms with Gasteiger partial charge >= 0.3 is 18.0 Å². The summed E-state index contributed by atoms with van der Waals surface area (Å²) in [6.07, 6.45) is 2.17. The molecule has 140 valence electrons. The van der Waals surface area contributed by atoms with Crippen LogP contribution in [-0.2, 0) is 19.1 Å². The maximum Gasteiger partial charge on any atom is 0.407 e. The fourth-order valence-electron chi connectivity index (χ4n) is 2.41. The molecule has 9 nitrogen and oxygen atoms in total. The first-order valence-electron chi connectivity index (χ1n) is 7.89. The van der Waals surface area contributed by atoms with Crippen LogP contribution < -0.4 is 10.6 Å². The largest absolute Gasteiger partial charge is 0.479 e. The van der Waals surface area contributed by atoms with Crippen molar-refractivity contribution in [2.24, 2.45) is 5.92 Å². The van der Waals surface area contributed by atoms with Gasteiger partial charge in [0.1, 0.15) is 11.1 Å². The molecule has 0 radical (unpaired) electrons. The van der Waals surface area contributed by atoms with Gasteiger partial charge in [0.05, 0.1) is 0 Å². The zero-order chi connectivity index (χ0) is 19.3. The van der Waals surface area contributed by atoms with E-state index in [9.17, 15) is 24.3 Å². The van der Waals surface area contributed by atoms with Crippen molar-refractivity contribution in [2.45, 2.75) is 51.2 Å². The summed E-state index contributed by atoms with van der Waals surface area (Å²) in [7, 11) is 0. The van der Waals surface area contributed by atoms with Crippen LogP contribution in [0.1, 0.15) is 40.0 Å². The summed E-state index contributed by atoms with van der Waals surface area (Å²) in [5.41, 5.74) is -1.96. The van der Waals surface area contributed by atoms with Gasteiger partial charge in [0.15, 0.2) is 0 Å². The number of aliphatic carboxylic acids is 2. The normalized spacial score (nSPS) is 22.3. The van der Waals surface area contributed by atoms with Crippen molar-refractivity contribution in [3.8, 4) is 0 Å². The van der Waals surface area contributed by atoms with Crippen molar-refractivity contribution in [3.05, 3.63) is 12.2 Å². The van der Waals surface area contributed by atoms with E-state index < -0.39 is 35.1 Å². The van der Waals surface area contributed by atoms with Gasteiger partial charge in [-0.1, -0.05) is 0 Å². The van der Waals surface area contributed by atoms with Gasteiger partial charge < -0.3 is 25.6 Å². The Morgan fingerprint density at radius 3 is 2.36 bits per heavy atom. The highest BCUT2D eigenvalue weighted by Gasteiger charge is 2.60. The number of hydrogen-bond acceptors (Lipinski definition) is 5. The molecule has 0 saturated heterocycles. The van der Waals surface area contributed by atoms with Crippen LogP contribution in [0.5, 0.6) is 0 Å². The lowest BCUT2D eigenvalue weighted by atomic mass is 10.1. The summed E-state index contributed by atoms with van der Waals surface area (Å²) in [4.78, 5) is 44.9. The Morgan fingerprint density at radius 2 is 1.84 bits per heavy atom. The number of hydrogen-bond donors (Lipinski definition) is 4. The summed E-state index contributed by atoms with van der Waals surface area (Å²) < 4.78 is 5.08. The van der Waals surface area contributed by atoms with E-state index in [1.54, 1.807) is 20.8 Å². The van der Waals surface area contributed by atoms with Crippen LogP contribution in [0.4, 0.5) is 4.79 Å². The average Bonchev–Trinajstić information content (AvgIpc) is 3.14. The molecule has 0 aromatic rings. The first kappa shape index (κ1) is 20.5. The summed E-state index contributed by atoms with van der Waals surface area (Å²) in [6, 6.07) is 0. The highest BCUT2D eigenvalue weighted by molar-refractivity contribution is 5.98. The molecule has 0 aromatic heterocycles. The van der Waals surface area contributed by atoms with Gasteiger partial charge in [0.25, 0.3) is 0 Å². The molecule has 0 bridgehead atoms. The Morgan fingerprint density at radius 1 is 1.20 bits per heavy atom. The van der Waals surface area contributed by atoms with Crippen molar-refractivity contribution in [3.63, 3.8) is 0 Å². The zero-order valence-corrected chi connectivity index (χ0v) is 14.5. The second kappa shape index (κ2) is 8.00. The van der Waals surface area contributed by atoms with E-state index in [0.29, 0.717) is 25.5 Å². The third-order valence-corrected chi connectivity index (χ3v) is 3.61. The van der Waals surface area contributed by atoms with Crippen molar-refractivity contribution in [1.29, 1.82) is 0 Å². The van der Waals surface area contributed by atoms with Crippen molar-refractivity contribution >= 4 is 23.9 Å². The van der Waals surface area contributed by atoms with Gasteiger partial charge in [-0.2, -0.15) is 0 Å². The smallest absolute Gasteiger partial charge is 0.407 e. The minimum Gasteiger partial charge on any atom is -0.479 e. The predicted molar refractivity (Wildman–Crippen MR) is 86.9 cm³/mol. The van der Waals surface area contributed by atoms with Crippen molar-refractivity contribution < 1.29 is 34.1 Å². The van der Waals surface area contributed by atoms with Gasteiger partial charge in [0.2, 0.25) is 5.91 Å². The first-order valence-corrected chi connectivity index (χ1v) is 7.89. The van der Waals surface area contributed by atoms with Gasteiger partial charge in [-0.05, 0) is 46.0 Å². The van der Waals surface area contributed by atoms with Gasteiger partial charge in [-0.15, -0.1) is 0 Å². The van der Waals surface area contributed by atoms with Crippen LogP contribution in [0.15, 0.2) is 12.2 Å². The van der Waals surface area contributed by atoms with Crippen LogP contribution in [0, 0.1) is 5.92 Å². The van der Waals surface area contributed by atoms with Crippen LogP contribution in [-0.4, -0.2) is 51.8 Å². The molecule has 9 heteroatoms. The van der Waals surface area contributed by atoms with Crippen LogP contribution in [0.3, 0.4) is 0 Å². The number of nitrogens with one attached hydrogen (secondary N) is 2. The highest BCUT2D eigenvalue weighted by atomic mass is 16.6. The number of carboxylic acid groups (broad SMARTS) is 2. The molecule has 0 aliphatic heterocycles. The molecule has 0 spiro atoms. The Labute approximate surface area is 145 Å². The van der Waals surface area contributed by atoms with E-state index in [1.807, 2.05) is 0 Å². The van der Waals surface area contributed by atoms with E-state index in [0.717, 1.165) is 6.08 Å². The lowest BCUT2D eigenvalue weighted by Gasteiger charge is -2.19. The molecule has 0 aromatic carbocycles. The predicted octanol–water partition coefficient (Wildman–Crippen LogP) is 0.892. The number of carboxylic acids is 2. The minimum absolute atomic E-state index is 0.265. The van der Waals surface area contributed by atoms with E-state index >= 15 is 0 Å². The quantitative estimate of drug-likeness (QED) is 0.374. The van der Waals surface area contributed by atoms with Gasteiger partial charge in [-0.3, -0.25) is 4.79 Å². The molecule has 1 saturated carbocycles. The van der Waals surface area contributed by atoms with Crippen molar-refractivity contribution in [1.82, 2.24) is 10.6 Å². The number of ether oxygens (including phenoxy) is 1. The van der Waals surface area contributed by atoms with Gasteiger partial charge in [-0.25, -0.2) is 14.4 Å². The van der Waals surface area contributed by atoms with Crippen LogP contribution in [0.25, 0.3) is 0 Å². The molecule has 1 aliphatic carbocycles. The molecule has 2 amide bonds. The lowest BCUT2D eigenvalue weighted by molar-refractivity contribution is -0.143. The maximum absolute atomic E-state index is 11.6. The average molecular weight is 356 g/mol. The summed E-state index contributed by atoms with van der Waals surface area (Å²) in [5, 5.41) is 22.7. The number of carbonyl (C=O) groups excluding carboxylic acids is 2. The van der Waals surface area contributed by atoms with E-state index in [-0.39, 0.29) is 12.3 Å². The molecule has 2 atom stereocenters. The zero-order valence-electron chi connectivity index (χ0n) is 14.5. The van der Waals surface area contributed by atoms with E-state index in [2.05, 4.69) is 10.6 Å². The Kier molecular flexibility index (Phi) is 6.55. The SMILES string of the molecule is CC(C)(C)OC(=O)NCCCC1C[C@@]1(NC(=O)/C=C\C(=O)O)C(=O)O. The van der Waals surface area contributed by atoms with Crippen LogP contribution in [0.2, 0.25) is 0 Å². The first-order chi connectivity index (χ1) is 11.5. The summed E-state index contributed by atoms with van der Waals surface area (Å²) in [6.45, 7) is 5.58. The maximum atomic E-state index is 11.6. The number of alkyl carbamates (subject to hydrolysis) is 1. The molecule has 1 fully saturated rings. The second-order valence-electron chi connectivity index (χ2n) is 6.91. The molecule has 1 aliphatic rings. The molecule has 0 heterocycles. The number of rotatable bonds is 8. The third-order valence-electron chi connectivity index (χ3n) is 3.61. The topological polar surface area (TPSA) is 142 Å².